The van der Waals surface area contributed by atoms with Crippen LogP contribution in [0, 0.1) is 0 Å². The molecule has 10 heteroatoms. The number of nitrogens with zero attached hydrogens (tertiary/aromatic N) is 1. The van der Waals surface area contributed by atoms with E-state index in [0.717, 1.165) is 122 Å². The minimum atomic E-state index is -4.71. The summed E-state index contributed by atoms with van der Waals surface area (Å²) in [6, 6.07) is -0.900. The second-order valence-electron chi connectivity index (χ2n) is 25.4. The van der Waals surface area contributed by atoms with Gasteiger partial charge in [0.2, 0.25) is 5.91 Å². The first-order valence-electron chi connectivity index (χ1n) is 35.9. The van der Waals surface area contributed by atoms with Gasteiger partial charge in [-0.2, -0.15) is 0 Å². The van der Waals surface area contributed by atoms with Crippen molar-refractivity contribution in [3.05, 3.63) is 85.1 Å². The minimum absolute atomic E-state index is 0.0272. The molecule has 85 heavy (non-hydrogen) atoms. The molecule has 0 aliphatic carbocycles. The van der Waals surface area contributed by atoms with E-state index in [1.54, 1.807) is 0 Å². The molecule has 0 fully saturated rings. The Morgan fingerprint density at radius 1 is 0.424 bits per heavy atom. The van der Waals surface area contributed by atoms with Crippen LogP contribution in [-0.4, -0.2) is 69.4 Å². The molecular weight excluding hydrogens is 1070 g/mol. The van der Waals surface area contributed by atoms with Crippen molar-refractivity contribution in [2.24, 2.45) is 0 Å². The molecule has 0 aromatic heterocycles. The first kappa shape index (κ1) is 82.2. The number of rotatable bonds is 65. The molecule has 0 aliphatic rings. The Balaban J connectivity index is 5.14. The van der Waals surface area contributed by atoms with Crippen LogP contribution in [0.3, 0.4) is 0 Å². The van der Waals surface area contributed by atoms with Gasteiger partial charge in [-0.1, -0.05) is 318 Å². The molecule has 0 radical (unpaired) electrons. The molecule has 9 nitrogen and oxygen atoms in total. The highest BCUT2D eigenvalue weighted by Crippen LogP contribution is 2.38. The Morgan fingerprint density at radius 3 is 1.13 bits per heavy atom. The third kappa shape index (κ3) is 65.5. The van der Waals surface area contributed by atoms with Crippen LogP contribution in [0.25, 0.3) is 0 Å². The van der Waals surface area contributed by atoms with Crippen molar-refractivity contribution in [3.8, 4) is 0 Å². The van der Waals surface area contributed by atoms with Gasteiger partial charge >= 0.3 is 5.97 Å². The second-order valence-corrected chi connectivity index (χ2v) is 26.8. The number of ether oxygens (including phenoxy) is 1. The SMILES string of the molecule is CC/C=C\C/C=C\C/C=C\C/C=C\C/C=C\C/C=C\CCCCCCCCC(=O)NC(COP(=O)([O-])OCC[N+](C)(C)C)C(/C=C/CCCCCCCCCCCCC)OC(=O)CCCCCCCCCCCCCCCCCCCCCCC. The fraction of sp³-hybridized carbons (Fsp3) is 0.787. The Morgan fingerprint density at radius 2 is 0.753 bits per heavy atom. The second kappa shape index (κ2) is 64.2. The molecule has 0 aromatic carbocycles. The number of hydrogen-bond donors (Lipinski definition) is 1. The van der Waals surface area contributed by atoms with E-state index in [2.05, 4.69) is 99.0 Å². The quantitative estimate of drug-likeness (QED) is 0.0212. The summed E-state index contributed by atoms with van der Waals surface area (Å²) in [6.07, 6.45) is 85.6. The third-order valence-corrected chi connectivity index (χ3v) is 16.8. The molecule has 0 aliphatic heterocycles. The summed E-state index contributed by atoms with van der Waals surface area (Å²) >= 11 is 0. The summed E-state index contributed by atoms with van der Waals surface area (Å²) in [5, 5.41) is 3.04. The van der Waals surface area contributed by atoms with Crippen LogP contribution in [0.1, 0.15) is 329 Å². The summed E-state index contributed by atoms with van der Waals surface area (Å²) in [6.45, 7) is 6.76. The molecule has 0 saturated carbocycles. The van der Waals surface area contributed by atoms with Crippen LogP contribution < -0.4 is 10.2 Å². The summed E-state index contributed by atoms with van der Waals surface area (Å²) in [5.74, 6) is -0.547. The number of amides is 1. The lowest BCUT2D eigenvalue weighted by Gasteiger charge is -2.30. The van der Waals surface area contributed by atoms with Crippen LogP contribution in [-0.2, 0) is 27.9 Å². The van der Waals surface area contributed by atoms with Crippen molar-refractivity contribution in [2.45, 2.75) is 341 Å². The molecule has 0 saturated heterocycles. The first-order chi connectivity index (χ1) is 41.4. The Bertz CT molecular complexity index is 1730. The predicted octanol–water partition coefficient (Wildman–Crippen LogP) is 22.3. The lowest BCUT2D eigenvalue weighted by molar-refractivity contribution is -0.870. The molecule has 0 aromatic rings. The number of phosphoric ester groups is 1. The number of nitrogens with one attached hydrogen (secondary N) is 1. The standard InChI is InChI=1S/C75H137N2O7P/c1-7-10-13-16-19-22-25-28-30-32-34-36-37-38-39-41-42-44-46-49-52-55-58-61-64-67-74(78)76-72(71-83-85(80,81)82-70-69-77(4,5)6)73(66-63-60-57-54-51-48-27-24-21-18-15-12-9-3)84-75(79)68-65-62-59-56-53-50-47-45-43-40-35-33-31-29-26-23-20-17-14-11-8-2/h10,13,19,22,28,30,34,36,38-39,42,44,63,66,72-73H,7-9,11-12,14-18,20-21,23-27,29,31-33,35,37,40-41,43,45-62,64-65,67-71H2,1-6H3,(H-,76,78,80,81)/b13-10-,22-19-,30-28-,36-34-,39-38-,44-42-,66-63+. The van der Waals surface area contributed by atoms with E-state index in [1.165, 1.54) is 173 Å². The fourth-order valence-electron chi connectivity index (χ4n) is 10.4. The zero-order chi connectivity index (χ0) is 62.1. The first-order valence-corrected chi connectivity index (χ1v) is 37.4. The number of allylic oxidation sites excluding steroid dienone is 13. The predicted molar refractivity (Wildman–Crippen MR) is 367 cm³/mol. The molecule has 1 amide bonds. The van der Waals surface area contributed by atoms with Gasteiger partial charge in [0.1, 0.15) is 19.3 Å². The summed E-state index contributed by atoms with van der Waals surface area (Å²) in [4.78, 5) is 40.2. The van der Waals surface area contributed by atoms with Gasteiger partial charge in [-0.05, 0) is 83.1 Å². The largest absolute Gasteiger partial charge is 0.756 e. The zero-order valence-corrected chi connectivity index (χ0v) is 57.4. The lowest BCUT2D eigenvalue weighted by atomic mass is 10.0. The van der Waals surface area contributed by atoms with Crippen molar-refractivity contribution in [3.63, 3.8) is 0 Å². The van der Waals surface area contributed by atoms with Crippen molar-refractivity contribution in [1.29, 1.82) is 0 Å². The van der Waals surface area contributed by atoms with Gasteiger partial charge in [-0.15, -0.1) is 0 Å². The molecule has 494 valence electrons. The van der Waals surface area contributed by atoms with E-state index in [4.69, 9.17) is 13.8 Å². The highest BCUT2D eigenvalue weighted by atomic mass is 31.2. The number of likely N-dealkylation sites (N-methyl/N-ethyl adjacent to an activating group) is 1. The maximum absolute atomic E-state index is 13.6. The number of carbonyl (C=O) groups excluding carboxylic acids is 2. The number of esters is 1. The number of hydrogen-bond acceptors (Lipinski definition) is 7. The smallest absolute Gasteiger partial charge is 0.306 e. The summed E-state index contributed by atoms with van der Waals surface area (Å²) in [7, 11) is 1.18. The van der Waals surface area contributed by atoms with Crippen molar-refractivity contribution in [2.75, 3.05) is 40.9 Å². The summed E-state index contributed by atoms with van der Waals surface area (Å²) < 4.78 is 30.5. The van der Waals surface area contributed by atoms with Gasteiger partial charge in [0.05, 0.1) is 33.8 Å². The molecule has 0 spiro atoms. The van der Waals surface area contributed by atoms with E-state index in [1.807, 2.05) is 33.3 Å². The average molecular weight is 1210 g/mol. The van der Waals surface area contributed by atoms with E-state index in [0.29, 0.717) is 17.4 Å². The average Bonchev–Trinajstić information content (AvgIpc) is 3.64. The Labute approximate surface area is 526 Å². The van der Waals surface area contributed by atoms with E-state index >= 15 is 0 Å². The van der Waals surface area contributed by atoms with E-state index < -0.39 is 26.6 Å². The molecule has 0 heterocycles. The van der Waals surface area contributed by atoms with Gasteiger partial charge in [-0.3, -0.25) is 14.2 Å². The van der Waals surface area contributed by atoms with Crippen LogP contribution in [0.4, 0.5) is 0 Å². The molecule has 3 unspecified atom stereocenters. The van der Waals surface area contributed by atoms with Gasteiger partial charge in [0, 0.05) is 12.8 Å². The highest BCUT2D eigenvalue weighted by molar-refractivity contribution is 7.45. The maximum Gasteiger partial charge on any atom is 0.306 e. The number of phosphoric acid groups is 1. The van der Waals surface area contributed by atoms with Gasteiger partial charge in [-0.25, -0.2) is 0 Å². The van der Waals surface area contributed by atoms with E-state index in [9.17, 15) is 19.0 Å². The fourth-order valence-corrected chi connectivity index (χ4v) is 11.1. The topological polar surface area (TPSA) is 114 Å². The van der Waals surface area contributed by atoms with Crippen molar-refractivity contribution < 1.29 is 37.3 Å². The molecule has 0 bridgehead atoms. The number of quaternary nitrogens is 1. The van der Waals surface area contributed by atoms with Gasteiger partial charge in [0.25, 0.3) is 7.82 Å². The summed E-state index contributed by atoms with van der Waals surface area (Å²) in [5.41, 5.74) is 0. The minimum Gasteiger partial charge on any atom is -0.756 e. The van der Waals surface area contributed by atoms with Gasteiger partial charge in [0.15, 0.2) is 0 Å². The Hall–Kier alpha value is -2.81. The highest BCUT2D eigenvalue weighted by Gasteiger charge is 2.27. The van der Waals surface area contributed by atoms with Crippen LogP contribution in [0.5, 0.6) is 0 Å². The van der Waals surface area contributed by atoms with Crippen LogP contribution in [0.2, 0.25) is 0 Å². The maximum atomic E-state index is 13.6. The Kier molecular flexibility index (Phi) is 62.1. The normalized spacial score (nSPS) is 14.0. The van der Waals surface area contributed by atoms with Gasteiger partial charge < -0.3 is 28.5 Å². The van der Waals surface area contributed by atoms with Crippen LogP contribution in [0.15, 0.2) is 85.1 Å². The number of unbranched alkanes of at least 4 members (excludes halogenated alkanes) is 37. The third-order valence-electron chi connectivity index (χ3n) is 15.8. The van der Waals surface area contributed by atoms with Crippen LogP contribution >= 0.6 is 7.82 Å². The molecule has 1 N–H and O–H groups in total. The van der Waals surface area contributed by atoms with Crippen molar-refractivity contribution in [1.82, 2.24) is 5.32 Å². The molecule has 0 rings (SSSR count). The van der Waals surface area contributed by atoms with Crippen molar-refractivity contribution >= 4 is 19.7 Å². The number of carbonyl (C=O) groups is 2. The molecular formula is C75H137N2O7P. The monoisotopic (exact) mass is 1210 g/mol. The lowest BCUT2D eigenvalue weighted by Crippen LogP contribution is -2.47. The zero-order valence-electron chi connectivity index (χ0n) is 56.6. The molecule has 3 atom stereocenters. The van der Waals surface area contributed by atoms with E-state index in [-0.39, 0.29) is 24.9 Å².